The topological polar surface area (TPSA) is 39.9 Å². The standard InChI is InChI=1S/C14H11BrIN3O/c15-11-6-2-1-5-10(11)14(9-16)20-19-13-8-4-3-7-12(13)17-18-19/h1-8,14H,9H2. The fraction of sp³-hybridized carbons (Fsp3) is 0.143. The Morgan fingerprint density at radius 2 is 1.90 bits per heavy atom. The van der Waals surface area contributed by atoms with Gasteiger partial charge in [-0.15, -0.1) is 5.10 Å². The van der Waals surface area contributed by atoms with Crippen LogP contribution >= 0.6 is 38.5 Å². The van der Waals surface area contributed by atoms with Gasteiger partial charge >= 0.3 is 0 Å². The first-order chi connectivity index (χ1) is 9.79. The van der Waals surface area contributed by atoms with E-state index in [-0.39, 0.29) is 6.10 Å². The molecule has 1 atom stereocenters. The van der Waals surface area contributed by atoms with Crippen molar-refractivity contribution in [3.8, 4) is 0 Å². The van der Waals surface area contributed by atoms with Crippen LogP contribution in [0.2, 0.25) is 0 Å². The summed E-state index contributed by atoms with van der Waals surface area (Å²) in [5.74, 6) is 0. The van der Waals surface area contributed by atoms with Crippen LogP contribution in [0.4, 0.5) is 0 Å². The minimum Gasteiger partial charge on any atom is -0.386 e. The third kappa shape index (κ3) is 2.67. The highest BCUT2D eigenvalue weighted by atomic mass is 127. The van der Waals surface area contributed by atoms with Crippen molar-refractivity contribution in [1.29, 1.82) is 0 Å². The van der Waals surface area contributed by atoms with Gasteiger partial charge in [0.1, 0.15) is 11.0 Å². The molecule has 0 amide bonds. The quantitative estimate of drug-likeness (QED) is 0.454. The van der Waals surface area contributed by atoms with Crippen LogP contribution in [0.1, 0.15) is 11.7 Å². The molecule has 0 fully saturated rings. The summed E-state index contributed by atoms with van der Waals surface area (Å²) in [6.07, 6.45) is -0.0868. The molecular weight excluding hydrogens is 433 g/mol. The van der Waals surface area contributed by atoms with Gasteiger partial charge in [0.05, 0.1) is 0 Å². The minimum atomic E-state index is -0.0868. The molecule has 4 nitrogen and oxygen atoms in total. The second kappa shape index (κ2) is 6.09. The van der Waals surface area contributed by atoms with E-state index in [1.165, 1.54) is 4.85 Å². The molecule has 0 spiro atoms. The van der Waals surface area contributed by atoms with E-state index in [0.717, 1.165) is 25.5 Å². The SMILES string of the molecule is Brc1ccccc1C(CI)On1nnc2ccccc21. The van der Waals surface area contributed by atoms with Crippen LogP contribution in [0.25, 0.3) is 11.0 Å². The minimum absolute atomic E-state index is 0.0868. The van der Waals surface area contributed by atoms with Gasteiger partial charge in [0.15, 0.2) is 6.10 Å². The van der Waals surface area contributed by atoms with Gasteiger partial charge in [-0.05, 0) is 23.4 Å². The Morgan fingerprint density at radius 1 is 1.15 bits per heavy atom. The molecule has 0 saturated carbocycles. The molecule has 1 unspecified atom stereocenters. The molecule has 20 heavy (non-hydrogen) atoms. The van der Waals surface area contributed by atoms with Crippen molar-refractivity contribution in [2.24, 2.45) is 0 Å². The molecule has 0 radical (unpaired) electrons. The number of aromatic nitrogens is 3. The van der Waals surface area contributed by atoms with Gasteiger partial charge in [-0.25, -0.2) is 0 Å². The van der Waals surface area contributed by atoms with E-state index < -0.39 is 0 Å². The molecule has 102 valence electrons. The Morgan fingerprint density at radius 3 is 2.70 bits per heavy atom. The average molecular weight is 444 g/mol. The first kappa shape index (κ1) is 13.8. The molecule has 0 N–H and O–H groups in total. The zero-order valence-corrected chi connectivity index (χ0v) is 14.2. The lowest BCUT2D eigenvalue weighted by molar-refractivity contribution is 0.0333. The van der Waals surface area contributed by atoms with Crippen LogP contribution in [-0.2, 0) is 0 Å². The van der Waals surface area contributed by atoms with E-state index in [1.54, 1.807) is 0 Å². The molecule has 0 bridgehead atoms. The van der Waals surface area contributed by atoms with Gasteiger partial charge in [-0.2, -0.15) is 0 Å². The monoisotopic (exact) mass is 443 g/mol. The van der Waals surface area contributed by atoms with E-state index in [9.17, 15) is 0 Å². The summed E-state index contributed by atoms with van der Waals surface area (Å²) >= 11 is 5.87. The number of alkyl halides is 1. The summed E-state index contributed by atoms with van der Waals surface area (Å²) in [7, 11) is 0. The van der Waals surface area contributed by atoms with Gasteiger partial charge in [-0.1, -0.05) is 73.7 Å². The molecule has 6 heteroatoms. The van der Waals surface area contributed by atoms with E-state index in [1.807, 2.05) is 48.5 Å². The predicted molar refractivity (Wildman–Crippen MR) is 89.9 cm³/mol. The highest BCUT2D eigenvalue weighted by molar-refractivity contribution is 14.1. The highest BCUT2D eigenvalue weighted by Crippen LogP contribution is 2.26. The van der Waals surface area contributed by atoms with Crippen molar-refractivity contribution in [3.05, 3.63) is 58.6 Å². The van der Waals surface area contributed by atoms with Crippen molar-refractivity contribution < 1.29 is 4.84 Å². The lowest BCUT2D eigenvalue weighted by atomic mass is 10.1. The van der Waals surface area contributed by atoms with Crippen LogP contribution in [0, 0.1) is 0 Å². The van der Waals surface area contributed by atoms with Crippen LogP contribution < -0.4 is 4.84 Å². The van der Waals surface area contributed by atoms with E-state index in [0.29, 0.717) is 0 Å². The number of fused-ring (bicyclic) bond motifs is 1. The molecular formula is C14H11BrIN3O. The maximum absolute atomic E-state index is 5.99. The number of hydrogen-bond acceptors (Lipinski definition) is 3. The van der Waals surface area contributed by atoms with Crippen molar-refractivity contribution in [2.45, 2.75) is 6.10 Å². The fourth-order valence-electron chi connectivity index (χ4n) is 1.95. The number of halogens is 2. The van der Waals surface area contributed by atoms with Crippen LogP contribution in [-0.4, -0.2) is 19.6 Å². The van der Waals surface area contributed by atoms with Gasteiger partial charge in [0.2, 0.25) is 0 Å². The molecule has 1 heterocycles. The number of para-hydroxylation sites is 1. The number of hydrogen-bond donors (Lipinski definition) is 0. The summed E-state index contributed by atoms with van der Waals surface area (Å²) in [4.78, 5) is 7.49. The van der Waals surface area contributed by atoms with Gasteiger partial charge < -0.3 is 4.84 Å². The van der Waals surface area contributed by atoms with Crippen molar-refractivity contribution in [1.82, 2.24) is 15.2 Å². The first-order valence-electron chi connectivity index (χ1n) is 6.07. The molecule has 2 aromatic carbocycles. The first-order valence-corrected chi connectivity index (χ1v) is 8.39. The molecule has 3 aromatic rings. The Bertz CT molecular complexity index is 731. The van der Waals surface area contributed by atoms with E-state index in [2.05, 4.69) is 48.8 Å². The third-order valence-corrected chi connectivity index (χ3v) is 4.46. The summed E-state index contributed by atoms with van der Waals surface area (Å²) in [6.45, 7) is 0. The summed E-state index contributed by atoms with van der Waals surface area (Å²) < 4.78 is 1.85. The van der Waals surface area contributed by atoms with Crippen molar-refractivity contribution in [2.75, 3.05) is 4.43 Å². The molecule has 0 aliphatic rings. The number of nitrogens with zero attached hydrogens (tertiary/aromatic N) is 3. The smallest absolute Gasteiger partial charge is 0.162 e. The number of rotatable bonds is 4. The fourth-order valence-corrected chi connectivity index (χ4v) is 3.13. The zero-order chi connectivity index (χ0) is 13.9. The Hall–Kier alpha value is -1.15. The average Bonchev–Trinajstić information content (AvgIpc) is 2.89. The Labute approximate surface area is 138 Å². The van der Waals surface area contributed by atoms with Gasteiger partial charge in [0, 0.05) is 14.5 Å². The van der Waals surface area contributed by atoms with E-state index in [4.69, 9.17) is 4.84 Å². The maximum atomic E-state index is 5.99. The van der Waals surface area contributed by atoms with Gasteiger partial charge in [-0.3, -0.25) is 0 Å². The predicted octanol–water partition coefficient (Wildman–Crippen LogP) is 3.80. The molecule has 3 rings (SSSR count). The van der Waals surface area contributed by atoms with Gasteiger partial charge in [0.25, 0.3) is 0 Å². The largest absolute Gasteiger partial charge is 0.386 e. The second-order valence-corrected chi connectivity index (χ2v) is 5.96. The Balaban J connectivity index is 1.94. The molecule has 0 aliphatic carbocycles. The third-order valence-electron chi connectivity index (χ3n) is 2.94. The number of benzene rings is 2. The normalized spacial score (nSPS) is 12.5. The molecule has 0 aliphatic heterocycles. The summed E-state index contributed by atoms with van der Waals surface area (Å²) in [6, 6.07) is 15.8. The van der Waals surface area contributed by atoms with Crippen molar-refractivity contribution in [3.63, 3.8) is 0 Å². The van der Waals surface area contributed by atoms with E-state index >= 15 is 0 Å². The maximum Gasteiger partial charge on any atom is 0.162 e. The summed E-state index contributed by atoms with van der Waals surface area (Å²) in [5.41, 5.74) is 2.79. The zero-order valence-electron chi connectivity index (χ0n) is 10.4. The van der Waals surface area contributed by atoms with Crippen LogP contribution in [0.3, 0.4) is 0 Å². The molecule has 1 aromatic heterocycles. The Kier molecular flexibility index (Phi) is 4.21. The van der Waals surface area contributed by atoms with Crippen molar-refractivity contribution >= 4 is 49.6 Å². The lowest BCUT2D eigenvalue weighted by Gasteiger charge is -2.17. The van der Waals surface area contributed by atoms with Crippen LogP contribution in [0.5, 0.6) is 0 Å². The molecule has 0 saturated heterocycles. The highest BCUT2D eigenvalue weighted by Gasteiger charge is 2.17. The summed E-state index contributed by atoms with van der Waals surface area (Å²) in [5, 5.41) is 8.16. The van der Waals surface area contributed by atoms with Crippen LogP contribution in [0.15, 0.2) is 53.0 Å². The lowest BCUT2D eigenvalue weighted by Crippen LogP contribution is -2.20. The second-order valence-electron chi connectivity index (χ2n) is 4.22.